The van der Waals surface area contributed by atoms with Gasteiger partial charge >= 0.3 is 12.1 Å². The Morgan fingerprint density at radius 1 is 1.24 bits per heavy atom. The van der Waals surface area contributed by atoms with E-state index in [-0.39, 0.29) is 17.9 Å². The molecule has 0 radical (unpaired) electrons. The van der Waals surface area contributed by atoms with E-state index in [2.05, 4.69) is 19.6 Å². The Morgan fingerprint density at radius 3 is 2.68 bits per heavy atom. The second-order valence-electron chi connectivity index (χ2n) is 4.97. The predicted molar refractivity (Wildman–Crippen MR) is 78.9 cm³/mol. The third-order valence-electron chi connectivity index (χ3n) is 3.25. The smallest absolute Gasteiger partial charge is 0.471 e. The molecule has 3 heterocycles. The Hall–Kier alpha value is -3.17. The van der Waals surface area contributed by atoms with Gasteiger partial charge in [-0.3, -0.25) is 4.79 Å². The first-order valence-electron chi connectivity index (χ1n) is 6.98. The standard InChI is InChI=1S/C15H11F3N4O3/c1-24-11-4-2-3-10(19-11)8-22-6-5-9(7-12(22)23)13-20-14(25-21-13)15(16,17)18/h2-7H,8H2,1H3. The number of nitrogens with zero attached hydrogens (tertiary/aromatic N) is 4. The Bertz CT molecular complexity index is 949. The van der Waals surface area contributed by atoms with Gasteiger partial charge in [0.05, 0.1) is 19.3 Å². The molecule has 130 valence electrons. The highest BCUT2D eigenvalue weighted by Crippen LogP contribution is 2.29. The van der Waals surface area contributed by atoms with Gasteiger partial charge in [0.15, 0.2) is 0 Å². The SMILES string of the molecule is COc1cccc(Cn2ccc(-c3noc(C(F)(F)F)n3)cc2=O)n1. The van der Waals surface area contributed by atoms with E-state index in [1.165, 1.54) is 23.9 Å². The summed E-state index contributed by atoms with van der Waals surface area (Å²) in [7, 11) is 1.48. The third-order valence-corrected chi connectivity index (χ3v) is 3.25. The molecule has 0 aromatic carbocycles. The van der Waals surface area contributed by atoms with Gasteiger partial charge in [0, 0.05) is 23.9 Å². The molecule has 0 saturated heterocycles. The van der Waals surface area contributed by atoms with Crippen LogP contribution in [0.15, 0.2) is 45.8 Å². The molecule has 0 saturated carbocycles. The fraction of sp³-hybridized carbons (Fsp3) is 0.200. The number of halogens is 3. The average Bonchev–Trinajstić information content (AvgIpc) is 3.07. The molecular formula is C15H11F3N4O3. The number of ether oxygens (including phenoxy) is 1. The quantitative estimate of drug-likeness (QED) is 0.717. The minimum Gasteiger partial charge on any atom is -0.481 e. The van der Waals surface area contributed by atoms with E-state index in [4.69, 9.17) is 4.74 Å². The number of hydrogen-bond donors (Lipinski definition) is 0. The molecule has 0 spiro atoms. The monoisotopic (exact) mass is 352 g/mol. The summed E-state index contributed by atoms with van der Waals surface area (Å²) in [5, 5.41) is 3.25. The normalized spacial score (nSPS) is 11.5. The summed E-state index contributed by atoms with van der Waals surface area (Å²) in [5.41, 5.74) is 0.271. The van der Waals surface area contributed by atoms with E-state index in [0.717, 1.165) is 6.07 Å². The zero-order chi connectivity index (χ0) is 18.0. The molecule has 0 N–H and O–H groups in total. The number of alkyl halides is 3. The van der Waals surface area contributed by atoms with Gasteiger partial charge in [-0.2, -0.15) is 18.2 Å². The van der Waals surface area contributed by atoms with Crippen LogP contribution in [-0.2, 0) is 12.7 Å². The van der Waals surface area contributed by atoms with Crippen molar-refractivity contribution in [1.29, 1.82) is 0 Å². The van der Waals surface area contributed by atoms with Crippen LogP contribution in [0.3, 0.4) is 0 Å². The predicted octanol–water partition coefficient (Wildman–Crippen LogP) is 2.37. The first kappa shape index (κ1) is 16.7. The van der Waals surface area contributed by atoms with Crippen molar-refractivity contribution in [3.8, 4) is 17.3 Å². The summed E-state index contributed by atoms with van der Waals surface area (Å²) in [5.74, 6) is -1.36. The lowest BCUT2D eigenvalue weighted by atomic mass is 10.2. The summed E-state index contributed by atoms with van der Waals surface area (Å²) in [6, 6.07) is 7.68. The molecule has 25 heavy (non-hydrogen) atoms. The zero-order valence-electron chi connectivity index (χ0n) is 12.8. The van der Waals surface area contributed by atoms with Gasteiger partial charge in [0.1, 0.15) is 0 Å². The van der Waals surface area contributed by atoms with Gasteiger partial charge in [0.2, 0.25) is 11.7 Å². The maximum Gasteiger partial charge on any atom is 0.471 e. The van der Waals surface area contributed by atoms with Crippen molar-refractivity contribution >= 4 is 0 Å². The van der Waals surface area contributed by atoms with Crippen LogP contribution in [0.5, 0.6) is 5.88 Å². The summed E-state index contributed by atoms with van der Waals surface area (Å²) in [4.78, 5) is 19.6. The number of hydrogen-bond acceptors (Lipinski definition) is 6. The highest BCUT2D eigenvalue weighted by atomic mass is 19.4. The largest absolute Gasteiger partial charge is 0.481 e. The molecule has 3 aromatic rings. The van der Waals surface area contributed by atoms with E-state index < -0.39 is 17.6 Å². The van der Waals surface area contributed by atoms with Gasteiger partial charge < -0.3 is 13.8 Å². The minimum atomic E-state index is -4.74. The van der Waals surface area contributed by atoms with E-state index >= 15 is 0 Å². The fourth-order valence-electron chi connectivity index (χ4n) is 2.07. The molecule has 0 fully saturated rings. The summed E-state index contributed by atoms with van der Waals surface area (Å²) < 4.78 is 48.0. The molecule has 3 rings (SSSR count). The van der Waals surface area contributed by atoms with Crippen LogP contribution in [0.25, 0.3) is 11.4 Å². The van der Waals surface area contributed by atoms with Gasteiger partial charge in [-0.25, -0.2) is 4.98 Å². The van der Waals surface area contributed by atoms with Crippen LogP contribution >= 0.6 is 0 Å². The van der Waals surface area contributed by atoms with Gasteiger partial charge in [-0.1, -0.05) is 11.2 Å². The van der Waals surface area contributed by atoms with Crippen LogP contribution in [0.2, 0.25) is 0 Å². The first-order valence-corrected chi connectivity index (χ1v) is 6.98. The second-order valence-corrected chi connectivity index (χ2v) is 4.97. The van der Waals surface area contributed by atoms with Crippen molar-refractivity contribution < 1.29 is 22.4 Å². The molecule has 10 heteroatoms. The average molecular weight is 352 g/mol. The number of rotatable bonds is 4. The molecular weight excluding hydrogens is 341 g/mol. The van der Waals surface area contributed by atoms with E-state index in [9.17, 15) is 18.0 Å². The van der Waals surface area contributed by atoms with Crippen LogP contribution in [0.1, 0.15) is 11.6 Å². The summed E-state index contributed by atoms with van der Waals surface area (Å²) in [6.07, 6.45) is -3.32. The minimum absolute atomic E-state index is 0.124. The van der Waals surface area contributed by atoms with Gasteiger partial charge in [-0.15, -0.1) is 0 Å². The molecule has 0 atom stereocenters. The number of pyridine rings is 2. The molecule has 0 amide bonds. The van der Waals surface area contributed by atoms with Crippen LogP contribution in [-0.4, -0.2) is 26.8 Å². The third kappa shape index (κ3) is 3.67. The second kappa shape index (κ2) is 6.38. The van der Waals surface area contributed by atoms with Crippen molar-refractivity contribution in [3.63, 3.8) is 0 Å². The molecule has 0 aliphatic rings. The lowest BCUT2D eigenvalue weighted by Gasteiger charge is -2.07. The summed E-state index contributed by atoms with van der Waals surface area (Å²) >= 11 is 0. The van der Waals surface area contributed by atoms with Gasteiger partial charge in [-0.05, 0) is 12.1 Å². The molecule has 7 nitrogen and oxygen atoms in total. The molecule has 0 bridgehead atoms. The lowest BCUT2D eigenvalue weighted by molar-refractivity contribution is -0.159. The maximum absolute atomic E-state index is 12.5. The van der Waals surface area contributed by atoms with Crippen molar-refractivity contribution in [1.82, 2.24) is 19.7 Å². The Balaban J connectivity index is 1.86. The topological polar surface area (TPSA) is 83.0 Å². The van der Waals surface area contributed by atoms with Gasteiger partial charge in [0.25, 0.3) is 5.56 Å². The Labute approximate surface area is 138 Å². The highest BCUT2D eigenvalue weighted by molar-refractivity contribution is 5.52. The molecule has 0 unspecified atom stereocenters. The summed E-state index contributed by atoms with van der Waals surface area (Å²) in [6.45, 7) is 0.177. The number of methoxy groups -OCH3 is 1. The van der Waals surface area contributed by atoms with Crippen LogP contribution < -0.4 is 10.3 Å². The molecule has 3 aromatic heterocycles. The van der Waals surface area contributed by atoms with Crippen molar-refractivity contribution in [2.24, 2.45) is 0 Å². The molecule has 0 aliphatic carbocycles. The maximum atomic E-state index is 12.5. The lowest BCUT2D eigenvalue weighted by Crippen LogP contribution is -2.19. The molecule has 0 aliphatic heterocycles. The van der Waals surface area contributed by atoms with Crippen LogP contribution in [0.4, 0.5) is 13.2 Å². The Morgan fingerprint density at radius 2 is 2.04 bits per heavy atom. The zero-order valence-corrected chi connectivity index (χ0v) is 12.8. The van der Waals surface area contributed by atoms with Crippen molar-refractivity contribution in [3.05, 3.63) is 58.5 Å². The first-order chi connectivity index (χ1) is 11.9. The number of aromatic nitrogens is 4. The van der Waals surface area contributed by atoms with Crippen molar-refractivity contribution in [2.75, 3.05) is 7.11 Å². The van der Waals surface area contributed by atoms with E-state index in [0.29, 0.717) is 11.6 Å². The highest BCUT2D eigenvalue weighted by Gasteiger charge is 2.38. The Kier molecular flexibility index (Phi) is 4.26. The van der Waals surface area contributed by atoms with E-state index in [1.807, 2.05) is 0 Å². The fourth-order valence-corrected chi connectivity index (χ4v) is 2.07. The van der Waals surface area contributed by atoms with E-state index in [1.54, 1.807) is 18.2 Å². The van der Waals surface area contributed by atoms with Crippen LogP contribution in [0, 0.1) is 0 Å². The van der Waals surface area contributed by atoms with Crippen molar-refractivity contribution in [2.45, 2.75) is 12.7 Å².